The summed E-state index contributed by atoms with van der Waals surface area (Å²) >= 11 is 1.20. The minimum absolute atomic E-state index is 0.0139. The average molecular weight is 559 g/mol. The van der Waals surface area contributed by atoms with Crippen molar-refractivity contribution in [2.75, 3.05) is 25.6 Å². The van der Waals surface area contributed by atoms with Gasteiger partial charge in [-0.1, -0.05) is 23.5 Å². The van der Waals surface area contributed by atoms with Gasteiger partial charge in [-0.2, -0.15) is 0 Å². The summed E-state index contributed by atoms with van der Waals surface area (Å²) in [6.45, 7) is 3.67. The zero-order valence-electron chi connectivity index (χ0n) is 22.3. The molecule has 0 bridgehead atoms. The standard InChI is InChI=1S/C29H26N4O6S/c1-5-38-28(35)25-17(2)30-29-32(26(25)19-8-10-20(11-9-19)31(3)4)27(34)24(40-29)16-22-14-15-23(39-22)18-6-12-21(13-7-18)33(36)37/h6-16,26H,5H2,1-4H3/b24-16-. The van der Waals surface area contributed by atoms with Crippen LogP contribution >= 0.6 is 11.3 Å². The lowest BCUT2D eigenvalue weighted by Crippen LogP contribution is -2.39. The quantitative estimate of drug-likeness (QED) is 0.191. The fourth-order valence-corrected chi connectivity index (χ4v) is 5.55. The van der Waals surface area contributed by atoms with Crippen molar-refractivity contribution in [3.05, 3.63) is 113 Å². The van der Waals surface area contributed by atoms with E-state index in [9.17, 15) is 19.7 Å². The first kappa shape index (κ1) is 26.8. The molecule has 3 heterocycles. The van der Waals surface area contributed by atoms with Gasteiger partial charge in [-0.15, -0.1) is 0 Å². The number of nitro benzene ring substituents is 1. The molecule has 0 amide bonds. The van der Waals surface area contributed by atoms with Gasteiger partial charge < -0.3 is 14.1 Å². The van der Waals surface area contributed by atoms with Gasteiger partial charge in [0.15, 0.2) is 4.80 Å². The highest BCUT2D eigenvalue weighted by molar-refractivity contribution is 7.07. The van der Waals surface area contributed by atoms with E-state index in [1.165, 1.54) is 28.0 Å². The predicted molar refractivity (Wildman–Crippen MR) is 152 cm³/mol. The molecule has 0 saturated carbocycles. The van der Waals surface area contributed by atoms with Crippen molar-refractivity contribution in [2.45, 2.75) is 19.9 Å². The summed E-state index contributed by atoms with van der Waals surface area (Å²) in [5.74, 6) is 0.429. The number of fused-ring (bicyclic) bond motifs is 1. The van der Waals surface area contributed by atoms with Gasteiger partial charge in [-0.05, 0) is 55.8 Å². The monoisotopic (exact) mass is 558 g/mol. The number of benzene rings is 2. The minimum atomic E-state index is -0.707. The van der Waals surface area contributed by atoms with E-state index in [1.807, 2.05) is 43.3 Å². The first-order valence-electron chi connectivity index (χ1n) is 12.5. The van der Waals surface area contributed by atoms with E-state index in [1.54, 1.807) is 44.2 Å². The second-order valence-electron chi connectivity index (χ2n) is 9.29. The molecule has 1 atom stereocenters. The van der Waals surface area contributed by atoms with Gasteiger partial charge in [0.05, 0.1) is 33.4 Å². The topological polar surface area (TPSA) is 120 Å². The molecule has 10 nitrogen and oxygen atoms in total. The molecule has 2 aromatic carbocycles. The van der Waals surface area contributed by atoms with Crippen molar-refractivity contribution in [2.24, 2.45) is 4.99 Å². The molecule has 0 radical (unpaired) electrons. The number of ether oxygens (including phenoxy) is 1. The largest absolute Gasteiger partial charge is 0.463 e. The molecule has 0 aliphatic carbocycles. The Hall–Kier alpha value is -4.77. The van der Waals surface area contributed by atoms with Gasteiger partial charge in [-0.25, -0.2) is 9.79 Å². The Balaban J connectivity index is 1.59. The maximum Gasteiger partial charge on any atom is 0.338 e. The summed E-state index contributed by atoms with van der Waals surface area (Å²) in [6.07, 6.45) is 1.63. The van der Waals surface area contributed by atoms with Gasteiger partial charge in [-0.3, -0.25) is 19.5 Å². The van der Waals surface area contributed by atoms with Crippen molar-refractivity contribution in [3.63, 3.8) is 0 Å². The van der Waals surface area contributed by atoms with Gasteiger partial charge in [0, 0.05) is 43.6 Å². The molecule has 0 spiro atoms. The van der Waals surface area contributed by atoms with Gasteiger partial charge in [0.2, 0.25) is 0 Å². The van der Waals surface area contributed by atoms with E-state index in [2.05, 4.69) is 4.99 Å². The molecule has 1 unspecified atom stereocenters. The summed E-state index contributed by atoms with van der Waals surface area (Å²) in [5, 5.41) is 10.9. The Labute approximate surface area is 232 Å². The average Bonchev–Trinajstić information content (AvgIpc) is 3.52. The van der Waals surface area contributed by atoms with Crippen molar-refractivity contribution in [3.8, 4) is 11.3 Å². The number of carbonyl (C=O) groups excluding carboxylic acids is 1. The van der Waals surface area contributed by atoms with Gasteiger partial charge in [0.1, 0.15) is 11.5 Å². The summed E-state index contributed by atoms with van der Waals surface area (Å²) in [5.41, 5.74) is 2.89. The lowest BCUT2D eigenvalue weighted by atomic mass is 9.95. The third-order valence-electron chi connectivity index (χ3n) is 6.51. The van der Waals surface area contributed by atoms with Crippen molar-refractivity contribution in [1.29, 1.82) is 0 Å². The van der Waals surface area contributed by atoms with Crippen LogP contribution in [-0.4, -0.2) is 36.2 Å². The van der Waals surface area contributed by atoms with Crippen LogP contribution in [0.4, 0.5) is 11.4 Å². The number of nitro groups is 1. The van der Waals surface area contributed by atoms with Crippen LogP contribution in [-0.2, 0) is 9.53 Å². The van der Waals surface area contributed by atoms with Crippen LogP contribution in [0.1, 0.15) is 31.2 Å². The molecule has 0 fully saturated rings. The van der Waals surface area contributed by atoms with Gasteiger partial charge in [0.25, 0.3) is 11.2 Å². The van der Waals surface area contributed by atoms with Crippen LogP contribution in [0.25, 0.3) is 17.4 Å². The fourth-order valence-electron chi connectivity index (χ4n) is 4.52. The predicted octanol–water partition coefficient (Wildman–Crippen LogP) is 4.03. The van der Waals surface area contributed by atoms with Crippen LogP contribution in [0, 0.1) is 10.1 Å². The molecule has 2 aromatic heterocycles. The molecule has 204 valence electrons. The van der Waals surface area contributed by atoms with E-state index in [0.29, 0.717) is 37.7 Å². The van der Waals surface area contributed by atoms with E-state index < -0.39 is 16.9 Å². The number of rotatable bonds is 7. The van der Waals surface area contributed by atoms with Crippen molar-refractivity contribution >= 4 is 34.8 Å². The molecule has 4 aromatic rings. The van der Waals surface area contributed by atoms with Crippen LogP contribution in [0.5, 0.6) is 0 Å². The van der Waals surface area contributed by atoms with Gasteiger partial charge >= 0.3 is 5.97 Å². The zero-order valence-corrected chi connectivity index (χ0v) is 23.1. The molecular formula is C29H26N4O6S. The Morgan fingerprint density at radius 3 is 2.48 bits per heavy atom. The Morgan fingerprint density at radius 1 is 1.15 bits per heavy atom. The smallest absolute Gasteiger partial charge is 0.338 e. The number of carbonyl (C=O) groups is 1. The third-order valence-corrected chi connectivity index (χ3v) is 7.49. The van der Waals surface area contributed by atoms with Crippen molar-refractivity contribution < 1.29 is 18.9 Å². The summed E-state index contributed by atoms with van der Waals surface area (Å²) < 4.78 is 13.2. The lowest BCUT2D eigenvalue weighted by Gasteiger charge is -2.25. The Bertz CT molecular complexity index is 1810. The number of esters is 1. The number of aromatic nitrogens is 1. The summed E-state index contributed by atoms with van der Waals surface area (Å²) in [7, 11) is 3.88. The number of nitrogens with zero attached hydrogens (tertiary/aromatic N) is 4. The third kappa shape index (κ3) is 4.98. The Kier molecular flexibility index (Phi) is 7.22. The molecule has 11 heteroatoms. The van der Waals surface area contributed by atoms with Crippen LogP contribution < -0.4 is 19.8 Å². The number of hydrogen-bond acceptors (Lipinski definition) is 9. The summed E-state index contributed by atoms with van der Waals surface area (Å²) in [6, 6.07) is 16.5. The molecule has 1 aliphatic rings. The highest BCUT2D eigenvalue weighted by atomic mass is 32.1. The second kappa shape index (κ2) is 10.8. The van der Waals surface area contributed by atoms with E-state index in [-0.39, 0.29) is 17.9 Å². The number of hydrogen-bond donors (Lipinski definition) is 0. The highest BCUT2D eigenvalue weighted by Crippen LogP contribution is 2.32. The molecule has 40 heavy (non-hydrogen) atoms. The van der Waals surface area contributed by atoms with E-state index >= 15 is 0 Å². The van der Waals surface area contributed by atoms with Crippen molar-refractivity contribution in [1.82, 2.24) is 4.57 Å². The number of thiazole rings is 1. The van der Waals surface area contributed by atoms with Crippen LogP contribution in [0.2, 0.25) is 0 Å². The molecule has 0 N–H and O–H groups in total. The number of non-ortho nitro benzene ring substituents is 1. The van der Waals surface area contributed by atoms with Crippen LogP contribution in [0.15, 0.2) is 86.1 Å². The van der Waals surface area contributed by atoms with E-state index in [4.69, 9.17) is 9.15 Å². The second-order valence-corrected chi connectivity index (χ2v) is 10.3. The first-order chi connectivity index (χ1) is 19.2. The summed E-state index contributed by atoms with van der Waals surface area (Å²) in [4.78, 5) is 44.4. The SMILES string of the molecule is CCOC(=O)C1=C(C)N=c2s/c(=C\c3ccc(-c4ccc([N+](=O)[O-])cc4)o3)c(=O)n2C1c1ccc(N(C)C)cc1. The maximum absolute atomic E-state index is 13.8. The minimum Gasteiger partial charge on any atom is -0.463 e. The maximum atomic E-state index is 13.8. The molecular weight excluding hydrogens is 532 g/mol. The molecule has 1 aliphatic heterocycles. The highest BCUT2D eigenvalue weighted by Gasteiger charge is 2.33. The van der Waals surface area contributed by atoms with E-state index in [0.717, 1.165) is 11.3 Å². The molecule has 0 saturated heterocycles. The number of anilines is 1. The Morgan fingerprint density at radius 2 is 1.85 bits per heavy atom. The normalized spacial score (nSPS) is 15.0. The van der Waals surface area contributed by atoms with Crippen LogP contribution in [0.3, 0.4) is 0 Å². The number of allylic oxidation sites excluding steroid dienone is 1. The first-order valence-corrected chi connectivity index (χ1v) is 13.3. The fraction of sp³-hybridized carbons (Fsp3) is 0.207. The molecule has 5 rings (SSSR count). The number of furan rings is 1. The zero-order chi connectivity index (χ0) is 28.6. The lowest BCUT2D eigenvalue weighted by molar-refractivity contribution is -0.384.